The largest absolute Gasteiger partial charge is 0.330 e. The number of hydrogen-bond acceptors (Lipinski definition) is 2. The van der Waals surface area contributed by atoms with Crippen molar-refractivity contribution in [3.63, 3.8) is 0 Å². The lowest BCUT2D eigenvalue weighted by atomic mass is 9.82. The van der Waals surface area contributed by atoms with Gasteiger partial charge in [0.15, 0.2) is 0 Å². The van der Waals surface area contributed by atoms with Crippen LogP contribution in [0.15, 0.2) is 0 Å². The van der Waals surface area contributed by atoms with Crippen LogP contribution in [0, 0.1) is 5.41 Å². The molecular formula is C9H20N2. The van der Waals surface area contributed by atoms with Gasteiger partial charge in [-0.15, -0.1) is 0 Å². The third-order valence-electron chi connectivity index (χ3n) is 3.54. The van der Waals surface area contributed by atoms with Crippen molar-refractivity contribution in [2.75, 3.05) is 13.6 Å². The summed E-state index contributed by atoms with van der Waals surface area (Å²) in [5.41, 5.74) is 6.10. The minimum Gasteiger partial charge on any atom is -0.330 e. The second-order valence-corrected chi connectivity index (χ2v) is 4.25. The van der Waals surface area contributed by atoms with Crippen molar-refractivity contribution in [1.29, 1.82) is 0 Å². The first kappa shape index (κ1) is 9.01. The van der Waals surface area contributed by atoms with Gasteiger partial charge in [-0.3, -0.25) is 0 Å². The predicted octanol–water partition coefficient (Wildman–Crippen LogP) is 1.06. The molecule has 2 nitrogen and oxygen atoms in total. The molecule has 0 aromatic carbocycles. The molecule has 66 valence electrons. The maximum atomic E-state index is 5.76. The van der Waals surface area contributed by atoms with Gasteiger partial charge in [0.25, 0.3) is 0 Å². The van der Waals surface area contributed by atoms with Gasteiger partial charge in [0.05, 0.1) is 0 Å². The molecule has 3 atom stereocenters. The average molecular weight is 156 g/mol. The number of nitrogens with two attached hydrogens (primary N) is 1. The summed E-state index contributed by atoms with van der Waals surface area (Å²) in [6.45, 7) is 7.65. The van der Waals surface area contributed by atoms with E-state index >= 15 is 0 Å². The lowest BCUT2D eigenvalue weighted by Gasteiger charge is -2.29. The molecule has 2 heteroatoms. The monoisotopic (exact) mass is 156 g/mol. The summed E-state index contributed by atoms with van der Waals surface area (Å²) in [5.74, 6) is 0. The standard InChI is InChI=1S/C9H20N2/c1-7-5-9(3,6-10)8(2)11(7)4/h7-8H,5-6,10H2,1-4H3/t7?,8-,9-/m0/s1. The summed E-state index contributed by atoms with van der Waals surface area (Å²) < 4.78 is 0. The Hall–Kier alpha value is -0.0800. The first-order valence-corrected chi connectivity index (χ1v) is 4.43. The van der Waals surface area contributed by atoms with E-state index in [1.54, 1.807) is 0 Å². The molecule has 11 heavy (non-hydrogen) atoms. The van der Waals surface area contributed by atoms with Gasteiger partial charge in [-0.25, -0.2) is 0 Å². The molecule has 1 aliphatic rings. The van der Waals surface area contributed by atoms with Crippen molar-refractivity contribution in [3.05, 3.63) is 0 Å². The average Bonchev–Trinajstić information content (AvgIpc) is 2.17. The van der Waals surface area contributed by atoms with E-state index in [1.807, 2.05) is 0 Å². The Balaban J connectivity index is 2.73. The van der Waals surface area contributed by atoms with E-state index in [1.165, 1.54) is 6.42 Å². The van der Waals surface area contributed by atoms with Crippen molar-refractivity contribution in [1.82, 2.24) is 4.90 Å². The molecule has 0 amide bonds. The highest BCUT2D eigenvalue weighted by Crippen LogP contribution is 2.38. The zero-order valence-electron chi connectivity index (χ0n) is 8.09. The Morgan fingerprint density at radius 2 is 2.09 bits per heavy atom. The van der Waals surface area contributed by atoms with Crippen LogP contribution in [0.25, 0.3) is 0 Å². The molecule has 2 N–H and O–H groups in total. The first-order chi connectivity index (χ1) is 5.01. The molecule has 0 aliphatic carbocycles. The van der Waals surface area contributed by atoms with Crippen molar-refractivity contribution in [2.24, 2.45) is 11.1 Å². The van der Waals surface area contributed by atoms with Crippen LogP contribution in [-0.4, -0.2) is 30.6 Å². The molecule has 1 unspecified atom stereocenters. The highest BCUT2D eigenvalue weighted by Gasteiger charge is 2.41. The quantitative estimate of drug-likeness (QED) is 0.615. The molecule has 0 saturated carbocycles. The molecule has 0 bridgehead atoms. The summed E-state index contributed by atoms with van der Waals surface area (Å²) in [6.07, 6.45) is 1.24. The van der Waals surface area contributed by atoms with Crippen molar-refractivity contribution in [3.8, 4) is 0 Å². The van der Waals surface area contributed by atoms with Crippen LogP contribution < -0.4 is 5.73 Å². The first-order valence-electron chi connectivity index (χ1n) is 4.43. The van der Waals surface area contributed by atoms with Crippen molar-refractivity contribution in [2.45, 2.75) is 39.3 Å². The summed E-state index contributed by atoms with van der Waals surface area (Å²) in [4.78, 5) is 2.42. The Labute approximate surface area is 69.8 Å². The molecule has 1 fully saturated rings. The van der Waals surface area contributed by atoms with Crippen LogP contribution >= 0.6 is 0 Å². The molecule has 1 heterocycles. The van der Waals surface area contributed by atoms with Gasteiger partial charge in [-0.1, -0.05) is 6.92 Å². The Morgan fingerprint density at radius 1 is 1.55 bits per heavy atom. The maximum Gasteiger partial charge on any atom is 0.0133 e. The van der Waals surface area contributed by atoms with E-state index < -0.39 is 0 Å². The summed E-state index contributed by atoms with van der Waals surface area (Å²) >= 11 is 0. The fourth-order valence-corrected chi connectivity index (χ4v) is 2.12. The van der Waals surface area contributed by atoms with Crippen molar-refractivity contribution < 1.29 is 0 Å². The topological polar surface area (TPSA) is 29.3 Å². The van der Waals surface area contributed by atoms with Crippen LogP contribution in [0.2, 0.25) is 0 Å². The minimum atomic E-state index is 0.341. The normalized spacial score (nSPS) is 46.6. The molecule has 0 aromatic heterocycles. The third-order valence-corrected chi connectivity index (χ3v) is 3.54. The van der Waals surface area contributed by atoms with Gasteiger partial charge in [0, 0.05) is 12.1 Å². The molecule has 0 spiro atoms. The SMILES string of the molecule is CC1C[C@@](C)(CN)[C@H](C)N1C. The zero-order chi connectivity index (χ0) is 8.65. The van der Waals surface area contributed by atoms with Crippen LogP contribution in [0.3, 0.4) is 0 Å². The second-order valence-electron chi connectivity index (χ2n) is 4.25. The van der Waals surface area contributed by atoms with Gasteiger partial charge in [-0.05, 0) is 39.3 Å². The third kappa shape index (κ3) is 1.30. The molecule has 0 aromatic rings. The van der Waals surface area contributed by atoms with Gasteiger partial charge >= 0.3 is 0 Å². The molecular weight excluding hydrogens is 136 g/mol. The molecule has 1 rings (SSSR count). The van der Waals surface area contributed by atoms with E-state index in [0.717, 1.165) is 6.54 Å². The zero-order valence-corrected chi connectivity index (χ0v) is 8.09. The lowest BCUT2D eigenvalue weighted by Crippen LogP contribution is -2.38. The Morgan fingerprint density at radius 3 is 2.27 bits per heavy atom. The molecule has 1 saturated heterocycles. The smallest absolute Gasteiger partial charge is 0.0133 e. The van der Waals surface area contributed by atoms with E-state index in [4.69, 9.17) is 5.73 Å². The molecule has 0 radical (unpaired) electrons. The van der Waals surface area contributed by atoms with Gasteiger partial charge in [0.1, 0.15) is 0 Å². The highest BCUT2D eigenvalue weighted by atomic mass is 15.2. The summed E-state index contributed by atoms with van der Waals surface area (Å²) in [7, 11) is 2.19. The molecule has 1 aliphatic heterocycles. The van der Waals surface area contributed by atoms with Gasteiger partial charge in [0.2, 0.25) is 0 Å². The fraction of sp³-hybridized carbons (Fsp3) is 1.00. The lowest BCUT2D eigenvalue weighted by molar-refractivity contribution is 0.204. The number of hydrogen-bond donors (Lipinski definition) is 1. The van der Waals surface area contributed by atoms with Crippen LogP contribution in [0.1, 0.15) is 27.2 Å². The van der Waals surface area contributed by atoms with Crippen molar-refractivity contribution >= 4 is 0 Å². The maximum absolute atomic E-state index is 5.76. The van der Waals surface area contributed by atoms with E-state index in [9.17, 15) is 0 Å². The van der Waals surface area contributed by atoms with Crippen LogP contribution in [0.4, 0.5) is 0 Å². The van der Waals surface area contributed by atoms with Crippen LogP contribution in [0.5, 0.6) is 0 Å². The number of nitrogens with zero attached hydrogens (tertiary/aromatic N) is 1. The second kappa shape index (κ2) is 2.76. The summed E-state index contributed by atoms with van der Waals surface area (Å²) in [6, 6.07) is 1.32. The number of likely N-dealkylation sites (tertiary alicyclic amines) is 1. The predicted molar refractivity (Wildman–Crippen MR) is 48.5 cm³/mol. The minimum absolute atomic E-state index is 0.341. The highest BCUT2D eigenvalue weighted by molar-refractivity contribution is 4.96. The van der Waals surface area contributed by atoms with E-state index in [0.29, 0.717) is 17.5 Å². The Bertz CT molecular complexity index is 146. The van der Waals surface area contributed by atoms with E-state index in [2.05, 4.69) is 32.7 Å². The Kier molecular flexibility index (Phi) is 2.26. The fourth-order valence-electron chi connectivity index (χ4n) is 2.12. The van der Waals surface area contributed by atoms with Gasteiger partial charge < -0.3 is 10.6 Å². The summed E-state index contributed by atoms with van der Waals surface area (Å²) in [5, 5.41) is 0. The van der Waals surface area contributed by atoms with Crippen LogP contribution in [-0.2, 0) is 0 Å². The number of rotatable bonds is 1. The van der Waals surface area contributed by atoms with Gasteiger partial charge in [-0.2, -0.15) is 0 Å². The van der Waals surface area contributed by atoms with E-state index in [-0.39, 0.29) is 0 Å².